The van der Waals surface area contributed by atoms with Crippen molar-refractivity contribution < 1.29 is 18.8 Å². The van der Waals surface area contributed by atoms with Crippen LogP contribution in [-0.2, 0) is 4.74 Å². The third-order valence-electron chi connectivity index (χ3n) is 4.09. The highest BCUT2D eigenvalue weighted by Gasteiger charge is 2.31. The van der Waals surface area contributed by atoms with Crippen LogP contribution in [0.4, 0.5) is 4.79 Å². The van der Waals surface area contributed by atoms with Crippen LogP contribution in [0.1, 0.15) is 25.8 Å². The van der Waals surface area contributed by atoms with Crippen molar-refractivity contribution in [3.63, 3.8) is 0 Å². The molecule has 0 aliphatic carbocycles. The van der Waals surface area contributed by atoms with Gasteiger partial charge < -0.3 is 14.1 Å². The molecule has 1 atom stereocenters. The molecule has 0 radical (unpaired) electrons. The van der Waals surface area contributed by atoms with Gasteiger partial charge in [0.1, 0.15) is 0 Å². The molecule has 0 saturated carbocycles. The van der Waals surface area contributed by atoms with Gasteiger partial charge in [-0.2, -0.15) is 0 Å². The molecular formula is C15H21N4O3S+. The quantitative estimate of drug-likeness (QED) is 0.908. The topological polar surface area (TPSA) is 72.9 Å². The number of rotatable bonds is 4. The molecule has 124 valence electrons. The van der Waals surface area contributed by atoms with Gasteiger partial charge in [0.05, 0.1) is 37.7 Å². The number of thiophene rings is 1. The average molecular weight is 337 g/mol. The number of hydrogen-bond acceptors (Lipinski definition) is 6. The van der Waals surface area contributed by atoms with Gasteiger partial charge in [0.15, 0.2) is 6.04 Å². The van der Waals surface area contributed by atoms with Crippen molar-refractivity contribution in [3.8, 4) is 10.8 Å². The zero-order chi connectivity index (χ0) is 16.2. The molecular weight excluding hydrogens is 316 g/mol. The van der Waals surface area contributed by atoms with Gasteiger partial charge in [-0.25, -0.2) is 4.79 Å². The van der Waals surface area contributed by atoms with Crippen LogP contribution in [0.5, 0.6) is 0 Å². The molecule has 0 unspecified atom stereocenters. The van der Waals surface area contributed by atoms with Crippen LogP contribution in [0.25, 0.3) is 10.8 Å². The molecule has 1 aliphatic heterocycles. The summed E-state index contributed by atoms with van der Waals surface area (Å²) in [5.74, 6) is 1.22. The van der Waals surface area contributed by atoms with E-state index in [1.807, 2.05) is 24.4 Å². The summed E-state index contributed by atoms with van der Waals surface area (Å²) >= 11 is 1.58. The Balaban J connectivity index is 1.59. The Morgan fingerprint density at radius 2 is 2.26 bits per heavy atom. The summed E-state index contributed by atoms with van der Waals surface area (Å²) in [4.78, 5) is 15.8. The molecule has 23 heavy (non-hydrogen) atoms. The van der Waals surface area contributed by atoms with E-state index in [-0.39, 0.29) is 12.1 Å². The number of carbonyl (C=O) groups excluding carboxylic acids is 1. The molecule has 1 saturated heterocycles. The van der Waals surface area contributed by atoms with Crippen LogP contribution in [0, 0.1) is 0 Å². The average Bonchev–Trinajstić information content (AvgIpc) is 3.25. The highest BCUT2D eigenvalue weighted by Crippen LogP contribution is 2.24. The molecule has 2 aromatic heterocycles. The van der Waals surface area contributed by atoms with Gasteiger partial charge in [0.2, 0.25) is 0 Å². The van der Waals surface area contributed by atoms with Crippen molar-refractivity contribution in [2.75, 3.05) is 32.8 Å². The fourth-order valence-corrected chi connectivity index (χ4v) is 3.35. The van der Waals surface area contributed by atoms with Crippen LogP contribution >= 0.6 is 11.3 Å². The van der Waals surface area contributed by atoms with Gasteiger partial charge in [-0.1, -0.05) is 6.07 Å². The number of piperazine rings is 1. The maximum Gasteiger partial charge on any atom is 0.410 e. The molecule has 1 N–H and O–H groups in total. The minimum absolute atomic E-state index is 0.112. The Kier molecular flexibility index (Phi) is 4.92. The van der Waals surface area contributed by atoms with Crippen molar-refractivity contribution >= 4 is 17.4 Å². The summed E-state index contributed by atoms with van der Waals surface area (Å²) in [5, 5.41) is 10.3. The van der Waals surface area contributed by atoms with Gasteiger partial charge in [0, 0.05) is 0 Å². The SMILES string of the molecule is CCOC(=O)N1CC[NH+]([C@H](C)c2nnc(-c3cccs3)o2)CC1. The summed E-state index contributed by atoms with van der Waals surface area (Å²) < 4.78 is 10.9. The first-order valence-electron chi connectivity index (χ1n) is 7.82. The Hall–Kier alpha value is -1.93. The molecule has 3 rings (SSSR count). The molecule has 8 heteroatoms. The van der Waals surface area contributed by atoms with Gasteiger partial charge in [-0.15, -0.1) is 21.5 Å². The lowest BCUT2D eigenvalue weighted by molar-refractivity contribution is -0.934. The third-order valence-corrected chi connectivity index (χ3v) is 4.94. The highest BCUT2D eigenvalue weighted by molar-refractivity contribution is 7.13. The van der Waals surface area contributed by atoms with E-state index in [2.05, 4.69) is 17.1 Å². The molecule has 3 heterocycles. The smallest absolute Gasteiger partial charge is 0.410 e. The van der Waals surface area contributed by atoms with E-state index in [4.69, 9.17) is 9.15 Å². The molecule has 7 nitrogen and oxygen atoms in total. The van der Waals surface area contributed by atoms with Gasteiger partial charge in [-0.05, 0) is 25.3 Å². The fourth-order valence-electron chi connectivity index (χ4n) is 2.71. The number of amides is 1. The van der Waals surface area contributed by atoms with Gasteiger partial charge in [-0.3, -0.25) is 4.90 Å². The molecule has 2 aromatic rings. The first-order chi connectivity index (χ1) is 11.2. The van der Waals surface area contributed by atoms with E-state index >= 15 is 0 Å². The van der Waals surface area contributed by atoms with E-state index in [1.165, 1.54) is 4.90 Å². The predicted molar refractivity (Wildman–Crippen MR) is 85.3 cm³/mol. The minimum Gasteiger partial charge on any atom is -0.450 e. The lowest BCUT2D eigenvalue weighted by atomic mass is 10.2. The maximum absolute atomic E-state index is 11.7. The first-order valence-corrected chi connectivity index (χ1v) is 8.70. The second-order valence-electron chi connectivity index (χ2n) is 5.49. The minimum atomic E-state index is -0.225. The Morgan fingerprint density at radius 3 is 2.91 bits per heavy atom. The van der Waals surface area contributed by atoms with Crippen molar-refractivity contribution in [2.24, 2.45) is 0 Å². The summed E-state index contributed by atoms with van der Waals surface area (Å²) in [6.45, 7) is 7.38. The zero-order valence-electron chi connectivity index (χ0n) is 13.3. The van der Waals surface area contributed by atoms with Crippen molar-refractivity contribution in [3.05, 3.63) is 23.4 Å². The number of aromatic nitrogens is 2. The standard InChI is InChI=1S/C15H20N4O3S/c1-3-21-15(20)19-8-6-18(7-9-19)11(2)13-16-17-14(22-13)12-5-4-10-23-12/h4-5,10-11H,3,6-9H2,1-2H3/p+1/t11-/m1/s1. The monoisotopic (exact) mass is 337 g/mol. The van der Waals surface area contributed by atoms with Crippen LogP contribution in [0.3, 0.4) is 0 Å². The molecule has 0 bridgehead atoms. The summed E-state index contributed by atoms with van der Waals surface area (Å²) in [5.41, 5.74) is 0. The summed E-state index contributed by atoms with van der Waals surface area (Å²) in [7, 11) is 0. The second-order valence-corrected chi connectivity index (χ2v) is 6.44. The third kappa shape index (κ3) is 3.53. The van der Waals surface area contributed by atoms with Crippen molar-refractivity contribution in [1.29, 1.82) is 0 Å². The first kappa shape index (κ1) is 15.9. The number of ether oxygens (including phenoxy) is 1. The van der Waals surface area contributed by atoms with Crippen LogP contribution in [0.2, 0.25) is 0 Å². The summed E-state index contributed by atoms with van der Waals surface area (Å²) in [6.07, 6.45) is -0.225. The number of nitrogens with zero attached hydrogens (tertiary/aromatic N) is 3. The Labute approximate surface area is 138 Å². The number of hydrogen-bond donors (Lipinski definition) is 1. The molecule has 0 aromatic carbocycles. The predicted octanol–water partition coefficient (Wildman–Crippen LogP) is 1.22. The van der Waals surface area contributed by atoms with E-state index in [0.717, 1.165) is 18.0 Å². The van der Waals surface area contributed by atoms with Crippen molar-refractivity contribution in [2.45, 2.75) is 19.9 Å². The largest absolute Gasteiger partial charge is 0.450 e. The van der Waals surface area contributed by atoms with E-state index < -0.39 is 0 Å². The Bertz CT molecular complexity index is 635. The lowest BCUT2D eigenvalue weighted by Gasteiger charge is -2.33. The van der Waals surface area contributed by atoms with Gasteiger partial charge in [0.25, 0.3) is 11.8 Å². The molecule has 1 amide bonds. The van der Waals surface area contributed by atoms with E-state index in [9.17, 15) is 4.79 Å². The highest BCUT2D eigenvalue weighted by atomic mass is 32.1. The number of quaternary nitrogens is 1. The normalized spacial score (nSPS) is 17.2. The summed E-state index contributed by atoms with van der Waals surface area (Å²) in [6, 6.07) is 4.05. The fraction of sp³-hybridized carbons (Fsp3) is 0.533. The van der Waals surface area contributed by atoms with Gasteiger partial charge >= 0.3 is 6.09 Å². The molecule has 1 aliphatic rings. The maximum atomic E-state index is 11.7. The molecule has 1 fully saturated rings. The Morgan fingerprint density at radius 1 is 1.48 bits per heavy atom. The van der Waals surface area contributed by atoms with Crippen LogP contribution < -0.4 is 4.90 Å². The van der Waals surface area contributed by atoms with E-state index in [0.29, 0.717) is 31.5 Å². The van der Waals surface area contributed by atoms with Crippen molar-refractivity contribution in [1.82, 2.24) is 15.1 Å². The van der Waals surface area contributed by atoms with Crippen LogP contribution in [0.15, 0.2) is 21.9 Å². The number of carbonyl (C=O) groups is 1. The van der Waals surface area contributed by atoms with Crippen LogP contribution in [-0.4, -0.2) is 54.0 Å². The lowest BCUT2D eigenvalue weighted by Crippen LogP contribution is -3.14. The molecule has 0 spiro atoms. The second kappa shape index (κ2) is 7.10. The van der Waals surface area contributed by atoms with E-state index in [1.54, 1.807) is 16.2 Å². The zero-order valence-corrected chi connectivity index (χ0v) is 14.1. The number of nitrogens with one attached hydrogen (secondary N) is 1.